The predicted molar refractivity (Wildman–Crippen MR) is 68.1 cm³/mol. The topological polar surface area (TPSA) is 59.6 Å². The van der Waals surface area contributed by atoms with Gasteiger partial charge in [0.2, 0.25) is 5.91 Å². The standard InChI is InChI=1S/C12H26N2O3/c1-5-6-11(9-17-4)13-7-12(15)14-10(2)8-16-3/h10-11,13H,5-9H2,1-4H3,(H,14,15). The second-order valence-corrected chi connectivity index (χ2v) is 4.25. The quantitative estimate of drug-likeness (QED) is 0.591. The monoisotopic (exact) mass is 246 g/mol. The summed E-state index contributed by atoms with van der Waals surface area (Å²) in [6.45, 7) is 5.52. The molecule has 0 saturated heterocycles. The van der Waals surface area contributed by atoms with Crippen LogP contribution >= 0.6 is 0 Å². The van der Waals surface area contributed by atoms with Crippen LogP contribution in [0.4, 0.5) is 0 Å². The lowest BCUT2D eigenvalue weighted by molar-refractivity contribution is -0.121. The van der Waals surface area contributed by atoms with E-state index >= 15 is 0 Å². The van der Waals surface area contributed by atoms with Crippen LogP contribution in [0.5, 0.6) is 0 Å². The molecule has 5 nitrogen and oxygen atoms in total. The number of nitrogens with one attached hydrogen (secondary N) is 2. The van der Waals surface area contributed by atoms with Gasteiger partial charge in [-0.3, -0.25) is 4.79 Å². The van der Waals surface area contributed by atoms with Crippen LogP contribution in [0.3, 0.4) is 0 Å². The Morgan fingerprint density at radius 2 is 1.88 bits per heavy atom. The van der Waals surface area contributed by atoms with Crippen molar-refractivity contribution >= 4 is 5.91 Å². The fourth-order valence-corrected chi connectivity index (χ4v) is 1.65. The highest BCUT2D eigenvalue weighted by molar-refractivity contribution is 5.78. The van der Waals surface area contributed by atoms with Gasteiger partial charge in [-0.1, -0.05) is 13.3 Å². The summed E-state index contributed by atoms with van der Waals surface area (Å²) in [5, 5.41) is 6.04. The zero-order chi connectivity index (χ0) is 13.1. The first-order valence-electron chi connectivity index (χ1n) is 6.14. The molecule has 5 heteroatoms. The van der Waals surface area contributed by atoms with Crippen LogP contribution in [-0.2, 0) is 14.3 Å². The van der Waals surface area contributed by atoms with E-state index in [9.17, 15) is 4.79 Å². The molecule has 0 radical (unpaired) electrons. The maximum atomic E-state index is 11.6. The normalized spacial score (nSPS) is 14.4. The van der Waals surface area contributed by atoms with Gasteiger partial charge in [-0.2, -0.15) is 0 Å². The zero-order valence-corrected chi connectivity index (χ0v) is 11.4. The van der Waals surface area contributed by atoms with Crippen molar-refractivity contribution in [2.45, 2.75) is 38.8 Å². The van der Waals surface area contributed by atoms with E-state index in [1.54, 1.807) is 14.2 Å². The Morgan fingerprint density at radius 3 is 2.41 bits per heavy atom. The second-order valence-electron chi connectivity index (χ2n) is 4.25. The first kappa shape index (κ1) is 16.4. The molecule has 0 aromatic carbocycles. The Labute approximate surface area is 104 Å². The maximum absolute atomic E-state index is 11.6. The summed E-state index contributed by atoms with van der Waals surface area (Å²) in [4.78, 5) is 11.6. The van der Waals surface area contributed by atoms with Crippen molar-refractivity contribution in [3.05, 3.63) is 0 Å². The summed E-state index contributed by atoms with van der Waals surface area (Å²) in [5.41, 5.74) is 0. The predicted octanol–water partition coefficient (Wildman–Crippen LogP) is 0.542. The van der Waals surface area contributed by atoms with Crippen LogP contribution in [0.15, 0.2) is 0 Å². The molecule has 0 aromatic heterocycles. The van der Waals surface area contributed by atoms with Crippen molar-refractivity contribution in [3.8, 4) is 0 Å². The first-order valence-corrected chi connectivity index (χ1v) is 6.14. The highest BCUT2D eigenvalue weighted by Crippen LogP contribution is 1.96. The van der Waals surface area contributed by atoms with Gasteiger partial charge in [0.05, 0.1) is 19.8 Å². The molecule has 102 valence electrons. The number of carbonyl (C=O) groups excluding carboxylic acids is 1. The molecule has 17 heavy (non-hydrogen) atoms. The number of ether oxygens (including phenoxy) is 2. The van der Waals surface area contributed by atoms with Crippen molar-refractivity contribution in [1.29, 1.82) is 0 Å². The zero-order valence-electron chi connectivity index (χ0n) is 11.4. The van der Waals surface area contributed by atoms with E-state index in [2.05, 4.69) is 17.6 Å². The summed E-state index contributed by atoms with van der Waals surface area (Å²) in [6.07, 6.45) is 2.08. The number of hydrogen-bond donors (Lipinski definition) is 2. The Morgan fingerprint density at radius 1 is 1.24 bits per heavy atom. The fourth-order valence-electron chi connectivity index (χ4n) is 1.65. The number of carbonyl (C=O) groups is 1. The third kappa shape index (κ3) is 9.09. The molecular formula is C12H26N2O3. The highest BCUT2D eigenvalue weighted by Gasteiger charge is 2.10. The largest absolute Gasteiger partial charge is 0.383 e. The Bertz CT molecular complexity index is 194. The SMILES string of the molecule is CCCC(COC)NCC(=O)NC(C)COC. The summed E-state index contributed by atoms with van der Waals surface area (Å²) in [6, 6.07) is 0.287. The molecule has 1 amide bonds. The number of rotatable bonds is 10. The van der Waals surface area contributed by atoms with Gasteiger partial charge in [0.25, 0.3) is 0 Å². The van der Waals surface area contributed by atoms with Crippen LogP contribution < -0.4 is 10.6 Å². The average Bonchev–Trinajstić information content (AvgIpc) is 2.27. The summed E-state index contributed by atoms with van der Waals surface area (Å²) in [5.74, 6) is -0.00763. The first-order chi connectivity index (χ1) is 8.13. The van der Waals surface area contributed by atoms with E-state index in [1.165, 1.54) is 0 Å². The Balaban J connectivity index is 3.78. The van der Waals surface area contributed by atoms with Crippen molar-refractivity contribution in [2.75, 3.05) is 34.0 Å². The lowest BCUT2D eigenvalue weighted by Crippen LogP contribution is -2.44. The van der Waals surface area contributed by atoms with Crippen LogP contribution in [0.25, 0.3) is 0 Å². The van der Waals surface area contributed by atoms with E-state index in [0.717, 1.165) is 12.8 Å². The van der Waals surface area contributed by atoms with Crippen LogP contribution in [0, 0.1) is 0 Å². The molecule has 0 bridgehead atoms. The van der Waals surface area contributed by atoms with Gasteiger partial charge in [-0.25, -0.2) is 0 Å². The highest BCUT2D eigenvalue weighted by atomic mass is 16.5. The van der Waals surface area contributed by atoms with Gasteiger partial charge in [0, 0.05) is 26.3 Å². The minimum Gasteiger partial charge on any atom is -0.383 e. The number of hydrogen-bond acceptors (Lipinski definition) is 4. The average molecular weight is 246 g/mol. The second kappa shape index (κ2) is 10.5. The molecule has 0 saturated carbocycles. The van der Waals surface area contributed by atoms with E-state index in [0.29, 0.717) is 19.8 Å². The summed E-state index contributed by atoms with van der Waals surface area (Å²) in [7, 11) is 3.29. The van der Waals surface area contributed by atoms with Crippen LogP contribution in [0.1, 0.15) is 26.7 Å². The molecule has 0 spiro atoms. The third-order valence-corrected chi connectivity index (χ3v) is 2.38. The van der Waals surface area contributed by atoms with E-state index in [1.807, 2.05) is 6.92 Å². The van der Waals surface area contributed by atoms with Gasteiger partial charge in [0.15, 0.2) is 0 Å². The molecule has 2 N–H and O–H groups in total. The Kier molecular flexibility index (Phi) is 10.1. The summed E-state index contributed by atoms with van der Waals surface area (Å²) < 4.78 is 10.0. The van der Waals surface area contributed by atoms with Crippen molar-refractivity contribution < 1.29 is 14.3 Å². The van der Waals surface area contributed by atoms with Crippen LogP contribution in [0.2, 0.25) is 0 Å². The minimum absolute atomic E-state index is 0.00763. The molecule has 0 aliphatic heterocycles. The third-order valence-electron chi connectivity index (χ3n) is 2.38. The van der Waals surface area contributed by atoms with Gasteiger partial charge >= 0.3 is 0 Å². The van der Waals surface area contributed by atoms with Crippen molar-refractivity contribution in [1.82, 2.24) is 10.6 Å². The molecule has 2 unspecified atom stereocenters. The molecule has 0 fully saturated rings. The molecule has 0 rings (SSSR count). The Hall–Kier alpha value is -0.650. The van der Waals surface area contributed by atoms with E-state index in [-0.39, 0.29) is 18.0 Å². The lowest BCUT2D eigenvalue weighted by atomic mass is 10.2. The minimum atomic E-state index is -0.00763. The summed E-state index contributed by atoms with van der Waals surface area (Å²) >= 11 is 0. The molecule has 0 aliphatic carbocycles. The van der Waals surface area contributed by atoms with E-state index < -0.39 is 0 Å². The number of amides is 1. The fraction of sp³-hybridized carbons (Fsp3) is 0.917. The maximum Gasteiger partial charge on any atom is 0.234 e. The molecule has 0 heterocycles. The molecule has 2 atom stereocenters. The smallest absolute Gasteiger partial charge is 0.234 e. The van der Waals surface area contributed by atoms with Gasteiger partial charge in [-0.15, -0.1) is 0 Å². The molecular weight excluding hydrogens is 220 g/mol. The van der Waals surface area contributed by atoms with Crippen molar-refractivity contribution in [2.24, 2.45) is 0 Å². The van der Waals surface area contributed by atoms with E-state index in [4.69, 9.17) is 9.47 Å². The molecule has 0 aliphatic rings. The van der Waals surface area contributed by atoms with Gasteiger partial charge < -0.3 is 20.1 Å². The number of methoxy groups -OCH3 is 2. The van der Waals surface area contributed by atoms with Crippen LogP contribution in [-0.4, -0.2) is 52.0 Å². The van der Waals surface area contributed by atoms with Gasteiger partial charge in [-0.05, 0) is 13.3 Å². The van der Waals surface area contributed by atoms with Gasteiger partial charge in [0.1, 0.15) is 0 Å². The molecule has 0 aromatic rings. The lowest BCUT2D eigenvalue weighted by Gasteiger charge is -2.18. The van der Waals surface area contributed by atoms with Crippen molar-refractivity contribution in [3.63, 3.8) is 0 Å².